The molecular weight excluding hydrogens is 460 g/mol. The van der Waals surface area contributed by atoms with E-state index in [4.69, 9.17) is 9.47 Å². The number of hydrogen-bond acceptors (Lipinski definition) is 6. The first-order valence-electron chi connectivity index (χ1n) is 13.0. The molecule has 1 aliphatic carbocycles. The lowest BCUT2D eigenvalue weighted by molar-refractivity contribution is -0.127. The summed E-state index contributed by atoms with van der Waals surface area (Å²) >= 11 is 0. The van der Waals surface area contributed by atoms with E-state index in [2.05, 4.69) is 10.4 Å². The van der Waals surface area contributed by atoms with Gasteiger partial charge in [0.2, 0.25) is 5.91 Å². The summed E-state index contributed by atoms with van der Waals surface area (Å²) in [4.78, 5) is 41.6. The highest BCUT2D eigenvalue weighted by atomic mass is 16.5. The van der Waals surface area contributed by atoms with Crippen LogP contribution in [-0.2, 0) is 16.1 Å². The van der Waals surface area contributed by atoms with Gasteiger partial charge >= 0.3 is 5.97 Å². The van der Waals surface area contributed by atoms with E-state index in [0.717, 1.165) is 25.7 Å². The van der Waals surface area contributed by atoms with Gasteiger partial charge < -0.3 is 14.8 Å². The Balaban J connectivity index is 1.70. The molecule has 1 aromatic carbocycles. The molecule has 0 unspecified atom stereocenters. The molecule has 0 radical (unpaired) electrons. The Hall–Kier alpha value is -3.36. The smallest absolute Gasteiger partial charge is 0.358 e. The van der Waals surface area contributed by atoms with E-state index in [-0.39, 0.29) is 36.5 Å². The first kappa shape index (κ1) is 25.7. The summed E-state index contributed by atoms with van der Waals surface area (Å²) in [6, 6.07) is 8.64. The summed E-state index contributed by atoms with van der Waals surface area (Å²) in [6.07, 6.45) is 7.60. The Morgan fingerprint density at radius 1 is 1.06 bits per heavy atom. The standard InChI is InChI=1S/C27H36N4O5/c1-4-35-21-15-13-20(14-16-21)31-24(32)23-17-22(25(33)36-5-2)29-30(23)18-27(31,3)26(34)28-19-11-9-7-6-8-10-12-19/h13-17,19H,4-12,18H2,1-3H3,(H,28,34)/t27-/m1/s1. The van der Waals surface area contributed by atoms with E-state index in [1.807, 2.05) is 6.92 Å². The Morgan fingerprint density at radius 2 is 1.72 bits per heavy atom. The highest BCUT2D eigenvalue weighted by molar-refractivity contribution is 6.12. The van der Waals surface area contributed by atoms with Crippen LogP contribution in [0.2, 0.25) is 0 Å². The number of anilines is 1. The fourth-order valence-electron chi connectivity index (χ4n) is 5.09. The van der Waals surface area contributed by atoms with Crippen molar-refractivity contribution in [1.29, 1.82) is 0 Å². The van der Waals surface area contributed by atoms with E-state index < -0.39 is 17.4 Å². The Labute approximate surface area is 212 Å². The fourth-order valence-corrected chi connectivity index (χ4v) is 5.09. The van der Waals surface area contributed by atoms with Crippen LogP contribution in [0, 0.1) is 0 Å². The van der Waals surface area contributed by atoms with Gasteiger partial charge in [-0.2, -0.15) is 5.10 Å². The number of aromatic nitrogens is 2. The van der Waals surface area contributed by atoms with Crippen molar-refractivity contribution in [3.8, 4) is 5.75 Å². The molecule has 1 aliphatic heterocycles. The molecule has 0 bridgehead atoms. The van der Waals surface area contributed by atoms with E-state index in [1.165, 1.54) is 34.9 Å². The molecule has 1 N–H and O–H groups in total. The molecular formula is C27H36N4O5. The zero-order valence-corrected chi connectivity index (χ0v) is 21.4. The molecule has 4 rings (SSSR count). The summed E-state index contributed by atoms with van der Waals surface area (Å²) < 4.78 is 12.1. The number of hydrogen-bond donors (Lipinski definition) is 1. The summed E-state index contributed by atoms with van der Waals surface area (Å²) in [5.74, 6) is -0.542. The molecule has 36 heavy (non-hydrogen) atoms. The van der Waals surface area contributed by atoms with E-state index in [9.17, 15) is 14.4 Å². The third kappa shape index (κ3) is 5.24. The molecule has 2 heterocycles. The van der Waals surface area contributed by atoms with Crippen LogP contribution >= 0.6 is 0 Å². The summed E-state index contributed by atoms with van der Waals surface area (Å²) in [6.45, 7) is 6.21. The van der Waals surface area contributed by atoms with Gasteiger partial charge in [-0.15, -0.1) is 0 Å². The minimum atomic E-state index is -1.25. The number of amides is 2. The summed E-state index contributed by atoms with van der Waals surface area (Å²) in [5, 5.41) is 7.57. The van der Waals surface area contributed by atoms with E-state index >= 15 is 0 Å². The number of carbonyl (C=O) groups is 3. The second-order valence-corrected chi connectivity index (χ2v) is 9.65. The van der Waals surface area contributed by atoms with Crippen LogP contribution in [-0.4, -0.2) is 52.4 Å². The first-order chi connectivity index (χ1) is 17.4. The van der Waals surface area contributed by atoms with Crippen LogP contribution in [0.4, 0.5) is 5.69 Å². The largest absolute Gasteiger partial charge is 0.494 e. The van der Waals surface area contributed by atoms with E-state index in [0.29, 0.717) is 18.0 Å². The number of nitrogens with zero attached hydrogens (tertiary/aromatic N) is 3. The van der Waals surface area contributed by atoms with Crippen molar-refractivity contribution in [3.05, 3.63) is 41.7 Å². The Bertz CT molecular complexity index is 1090. The van der Waals surface area contributed by atoms with Crippen LogP contribution in [0.5, 0.6) is 5.75 Å². The lowest BCUT2D eigenvalue weighted by Gasteiger charge is -2.43. The predicted octanol–water partition coefficient (Wildman–Crippen LogP) is 4.11. The molecule has 9 heteroatoms. The highest BCUT2D eigenvalue weighted by Crippen LogP contribution is 2.34. The second-order valence-electron chi connectivity index (χ2n) is 9.65. The predicted molar refractivity (Wildman–Crippen MR) is 135 cm³/mol. The van der Waals surface area contributed by atoms with Crippen LogP contribution in [0.3, 0.4) is 0 Å². The SMILES string of the molecule is CCOC(=O)c1cc2n(n1)C[C@](C)(C(=O)NC1CCCCCCC1)N(c1ccc(OCC)cc1)C2=O. The maximum Gasteiger partial charge on any atom is 0.358 e. The molecule has 9 nitrogen and oxygen atoms in total. The average molecular weight is 497 g/mol. The number of fused-ring (bicyclic) bond motifs is 1. The number of benzene rings is 1. The molecule has 2 amide bonds. The van der Waals surface area contributed by atoms with Crippen LogP contribution in [0.25, 0.3) is 0 Å². The average Bonchev–Trinajstić information content (AvgIpc) is 3.26. The topological polar surface area (TPSA) is 103 Å². The zero-order chi connectivity index (χ0) is 25.7. The van der Waals surface area contributed by atoms with Crippen molar-refractivity contribution in [2.45, 2.75) is 83.8 Å². The van der Waals surface area contributed by atoms with Gasteiger partial charge in [-0.1, -0.05) is 32.1 Å². The molecule has 2 aromatic rings. The number of rotatable bonds is 7. The fraction of sp³-hybridized carbons (Fsp3) is 0.556. The van der Waals surface area contributed by atoms with Gasteiger partial charge in [-0.25, -0.2) is 4.79 Å². The molecule has 1 aromatic heterocycles. The minimum absolute atomic E-state index is 0.0523. The van der Waals surface area contributed by atoms with Crippen LogP contribution in [0.15, 0.2) is 30.3 Å². The van der Waals surface area contributed by atoms with Crippen molar-refractivity contribution in [2.24, 2.45) is 0 Å². The minimum Gasteiger partial charge on any atom is -0.494 e. The van der Waals surface area contributed by atoms with Crippen molar-refractivity contribution in [1.82, 2.24) is 15.1 Å². The maximum absolute atomic E-state index is 13.9. The van der Waals surface area contributed by atoms with Gasteiger partial charge in [0, 0.05) is 17.8 Å². The molecule has 1 atom stereocenters. The molecule has 2 aliphatic rings. The van der Waals surface area contributed by atoms with Gasteiger partial charge in [0.25, 0.3) is 5.91 Å². The van der Waals surface area contributed by atoms with E-state index in [1.54, 1.807) is 38.1 Å². The van der Waals surface area contributed by atoms with Crippen molar-refractivity contribution in [2.75, 3.05) is 18.1 Å². The number of nitrogens with one attached hydrogen (secondary N) is 1. The van der Waals surface area contributed by atoms with Gasteiger partial charge in [0.05, 0.1) is 19.8 Å². The quantitative estimate of drug-likeness (QED) is 0.579. The molecule has 0 saturated heterocycles. The van der Waals surface area contributed by atoms with Crippen molar-refractivity contribution >= 4 is 23.5 Å². The molecule has 194 valence electrons. The number of esters is 1. The summed E-state index contributed by atoms with van der Waals surface area (Å²) in [5.41, 5.74) is -0.388. The second kappa shape index (κ2) is 11.1. The van der Waals surface area contributed by atoms with Crippen LogP contribution in [0.1, 0.15) is 86.7 Å². The monoisotopic (exact) mass is 496 g/mol. The first-order valence-corrected chi connectivity index (χ1v) is 13.0. The van der Waals surface area contributed by atoms with Gasteiger partial charge in [0.15, 0.2) is 5.69 Å². The molecule has 0 spiro atoms. The Morgan fingerprint density at radius 3 is 2.36 bits per heavy atom. The number of carbonyl (C=O) groups excluding carboxylic acids is 3. The van der Waals surface area contributed by atoms with Gasteiger partial charge in [0.1, 0.15) is 17.0 Å². The highest BCUT2D eigenvalue weighted by Gasteiger charge is 2.49. The van der Waals surface area contributed by atoms with Gasteiger partial charge in [-0.3, -0.25) is 19.2 Å². The normalized spacial score (nSPS) is 20.8. The number of ether oxygens (including phenoxy) is 2. The van der Waals surface area contributed by atoms with Gasteiger partial charge in [-0.05, 0) is 57.9 Å². The lowest BCUT2D eigenvalue weighted by Crippen LogP contribution is -2.65. The maximum atomic E-state index is 13.9. The third-order valence-corrected chi connectivity index (χ3v) is 6.97. The lowest BCUT2D eigenvalue weighted by atomic mass is 9.91. The van der Waals surface area contributed by atoms with Crippen molar-refractivity contribution in [3.63, 3.8) is 0 Å². The summed E-state index contributed by atoms with van der Waals surface area (Å²) in [7, 11) is 0. The van der Waals surface area contributed by atoms with Crippen LogP contribution < -0.4 is 15.0 Å². The van der Waals surface area contributed by atoms with Crippen molar-refractivity contribution < 1.29 is 23.9 Å². The third-order valence-electron chi connectivity index (χ3n) is 6.97. The zero-order valence-electron chi connectivity index (χ0n) is 21.4. The molecule has 1 saturated carbocycles. The Kier molecular flexibility index (Phi) is 7.96. The molecule has 1 fully saturated rings.